The van der Waals surface area contributed by atoms with Crippen LogP contribution in [0.1, 0.15) is 40.5 Å². The first-order valence-electron chi connectivity index (χ1n) is 12.2. The Morgan fingerprint density at radius 1 is 1.03 bits per heavy atom. The highest BCUT2D eigenvalue weighted by Crippen LogP contribution is 2.36. The average molecular weight is 556 g/mol. The maximum atomic E-state index is 13.1. The zero-order chi connectivity index (χ0) is 27.3. The van der Waals surface area contributed by atoms with Crippen LogP contribution in [-0.4, -0.2) is 57.1 Å². The third kappa shape index (κ3) is 6.78. The Bertz CT molecular complexity index is 1430. The molecule has 1 aliphatic rings. The highest BCUT2D eigenvalue weighted by molar-refractivity contribution is 7.92. The van der Waals surface area contributed by atoms with Crippen molar-refractivity contribution < 1.29 is 27.5 Å². The Labute approximate surface area is 225 Å². The number of rotatable bonds is 8. The molecule has 1 saturated heterocycles. The fourth-order valence-corrected chi connectivity index (χ4v) is 5.87. The van der Waals surface area contributed by atoms with E-state index < -0.39 is 16.0 Å². The molecule has 2 amide bonds. The minimum absolute atomic E-state index is 0.205. The summed E-state index contributed by atoms with van der Waals surface area (Å²) in [6.07, 6.45) is 1.97. The van der Waals surface area contributed by atoms with Gasteiger partial charge in [-0.25, -0.2) is 13.2 Å². The summed E-state index contributed by atoms with van der Waals surface area (Å²) in [6.45, 7) is 2.72. The number of carbonyl (C=O) groups excluding carboxylic acids is 3. The van der Waals surface area contributed by atoms with Crippen molar-refractivity contribution in [3.05, 3.63) is 71.8 Å². The van der Waals surface area contributed by atoms with E-state index in [1.165, 1.54) is 17.4 Å². The van der Waals surface area contributed by atoms with Gasteiger partial charge in [0.25, 0.3) is 5.91 Å². The van der Waals surface area contributed by atoms with Gasteiger partial charge in [-0.3, -0.25) is 14.3 Å². The first-order chi connectivity index (χ1) is 18.1. The SMILES string of the molecule is CCOC(=O)c1cc(-c2ccccc2)sc1NC(=O)C1CCN(C(=O)c2cccc(NS(C)(=O)=O)c2)CC1. The molecule has 4 rings (SSSR count). The number of hydrogen-bond donors (Lipinski definition) is 2. The summed E-state index contributed by atoms with van der Waals surface area (Å²) in [6, 6.07) is 17.7. The fourth-order valence-electron chi connectivity index (χ4n) is 4.26. The number of benzene rings is 2. The highest BCUT2D eigenvalue weighted by Gasteiger charge is 2.29. The van der Waals surface area contributed by atoms with Crippen LogP contribution in [0.15, 0.2) is 60.7 Å². The lowest BCUT2D eigenvalue weighted by Crippen LogP contribution is -2.41. The number of sulfonamides is 1. The maximum absolute atomic E-state index is 13.1. The third-order valence-corrected chi connectivity index (χ3v) is 7.79. The molecule has 1 aromatic heterocycles. The number of anilines is 2. The number of nitrogens with zero attached hydrogens (tertiary/aromatic N) is 1. The summed E-state index contributed by atoms with van der Waals surface area (Å²) in [5, 5.41) is 3.37. The Balaban J connectivity index is 1.42. The van der Waals surface area contributed by atoms with E-state index in [0.717, 1.165) is 16.7 Å². The summed E-state index contributed by atoms with van der Waals surface area (Å²) in [7, 11) is -3.46. The first kappa shape index (κ1) is 27.3. The quantitative estimate of drug-likeness (QED) is 0.396. The van der Waals surface area contributed by atoms with Crippen molar-refractivity contribution in [1.82, 2.24) is 4.90 Å². The number of amides is 2. The molecule has 200 valence electrons. The Morgan fingerprint density at radius 2 is 1.74 bits per heavy atom. The van der Waals surface area contributed by atoms with Crippen molar-refractivity contribution in [3.63, 3.8) is 0 Å². The van der Waals surface area contributed by atoms with Crippen molar-refractivity contribution >= 4 is 49.8 Å². The maximum Gasteiger partial charge on any atom is 0.341 e. The zero-order valence-electron chi connectivity index (χ0n) is 21.1. The molecule has 0 radical (unpaired) electrons. The molecule has 1 fully saturated rings. The molecule has 3 aromatic rings. The number of hydrogen-bond acceptors (Lipinski definition) is 7. The molecule has 0 saturated carbocycles. The Hall–Kier alpha value is -3.70. The summed E-state index contributed by atoms with van der Waals surface area (Å²) < 4.78 is 30.6. The largest absolute Gasteiger partial charge is 0.462 e. The predicted molar refractivity (Wildman–Crippen MR) is 148 cm³/mol. The monoisotopic (exact) mass is 555 g/mol. The lowest BCUT2D eigenvalue weighted by Gasteiger charge is -2.31. The number of nitrogens with one attached hydrogen (secondary N) is 2. The number of likely N-dealkylation sites (tertiary alicyclic amines) is 1. The Kier molecular flexibility index (Phi) is 8.48. The Morgan fingerprint density at radius 3 is 2.39 bits per heavy atom. The van der Waals surface area contributed by atoms with Gasteiger partial charge in [-0.1, -0.05) is 36.4 Å². The molecule has 0 spiro atoms. The average Bonchev–Trinajstić information content (AvgIpc) is 3.32. The van der Waals surface area contributed by atoms with E-state index in [9.17, 15) is 22.8 Å². The van der Waals surface area contributed by atoms with Crippen LogP contribution in [0.4, 0.5) is 10.7 Å². The first-order valence-corrected chi connectivity index (χ1v) is 14.9. The molecule has 0 bridgehead atoms. The van der Waals surface area contributed by atoms with Crippen LogP contribution in [0.3, 0.4) is 0 Å². The molecule has 9 nitrogen and oxygen atoms in total. The van der Waals surface area contributed by atoms with Gasteiger partial charge in [0.05, 0.1) is 18.4 Å². The second kappa shape index (κ2) is 11.8. The standard InChI is InChI=1S/C27H29N3O6S2/c1-3-36-27(33)22-17-23(18-8-5-4-6-9-18)37-25(22)28-24(31)19-12-14-30(15-13-19)26(32)20-10-7-11-21(16-20)29-38(2,34)35/h4-11,16-17,19,29H,3,12-15H2,1-2H3,(H,28,31). The van der Waals surface area contributed by atoms with Crippen LogP contribution in [0.5, 0.6) is 0 Å². The van der Waals surface area contributed by atoms with E-state index in [4.69, 9.17) is 4.74 Å². The number of thiophene rings is 1. The van der Waals surface area contributed by atoms with Gasteiger partial charge >= 0.3 is 5.97 Å². The van der Waals surface area contributed by atoms with Crippen LogP contribution in [-0.2, 0) is 19.6 Å². The van der Waals surface area contributed by atoms with Gasteiger partial charge in [0.1, 0.15) is 5.00 Å². The molecular formula is C27H29N3O6S2. The topological polar surface area (TPSA) is 122 Å². The van der Waals surface area contributed by atoms with E-state index in [-0.39, 0.29) is 24.3 Å². The van der Waals surface area contributed by atoms with Crippen LogP contribution < -0.4 is 10.0 Å². The van der Waals surface area contributed by atoms with Crippen LogP contribution in [0.2, 0.25) is 0 Å². The van der Waals surface area contributed by atoms with E-state index in [1.54, 1.807) is 36.1 Å². The van der Waals surface area contributed by atoms with Gasteiger partial charge in [0.2, 0.25) is 15.9 Å². The third-order valence-electron chi connectivity index (χ3n) is 6.09. The van der Waals surface area contributed by atoms with Gasteiger partial charge in [-0.05, 0) is 49.6 Å². The minimum Gasteiger partial charge on any atom is -0.462 e. The van der Waals surface area contributed by atoms with Crippen molar-refractivity contribution in [2.45, 2.75) is 19.8 Å². The van der Waals surface area contributed by atoms with Gasteiger partial charge in [-0.15, -0.1) is 11.3 Å². The van der Waals surface area contributed by atoms with Crippen molar-refractivity contribution in [1.29, 1.82) is 0 Å². The zero-order valence-corrected chi connectivity index (χ0v) is 22.7. The molecule has 0 unspecified atom stereocenters. The lowest BCUT2D eigenvalue weighted by molar-refractivity contribution is -0.121. The molecule has 2 heterocycles. The van der Waals surface area contributed by atoms with Gasteiger partial charge in [0.15, 0.2) is 0 Å². The molecule has 1 aliphatic heterocycles. The van der Waals surface area contributed by atoms with Crippen LogP contribution >= 0.6 is 11.3 Å². The van der Waals surface area contributed by atoms with E-state index in [0.29, 0.717) is 47.7 Å². The fraction of sp³-hybridized carbons (Fsp3) is 0.296. The van der Waals surface area contributed by atoms with Crippen molar-refractivity contribution in [3.8, 4) is 10.4 Å². The minimum atomic E-state index is -3.46. The van der Waals surface area contributed by atoms with Crippen molar-refractivity contribution in [2.75, 3.05) is 36.0 Å². The highest BCUT2D eigenvalue weighted by atomic mass is 32.2. The summed E-state index contributed by atoms with van der Waals surface area (Å²) in [5.41, 5.74) is 1.94. The smallest absolute Gasteiger partial charge is 0.341 e. The van der Waals surface area contributed by atoms with E-state index in [1.807, 2.05) is 30.3 Å². The summed E-state index contributed by atoms with van der Waals surface area (Å²) >= 11 is 1.32. The molecule has 2 aromatic carbocycles. The predicted octanol–water partition coefficient (Wildman–Crippen LogP) is 4.45. The summed E-state index contributed by atoms with van der Waals surface area (Å²) in [4.78, 5) is 41.2. The van der Waals surface area contributed by atoms with Crippen molar-refractivity contribution in [2.24, 2.45) is 5.92 Å². The number of piperidine rings is 1. The van der Waals surface area contributed by atoms with Gasteiger partial charge in [0, 0.05) is 35.1 Å². The van der Waals surface area contributed by atoms with E-state index in [2.05, 4.69) is 10.0 Å². The van der Waals surface area contributed by atoms with Crippen LogP contribution in [0.25, 0.3) is 10.4 Å². The van der Waals surface area contributed by atoms with Gasteiger partial charge < -0.3 is 15.0 Å². The molecule has 2 N–H and O–H groups in total. The lowest BCUT2D eigenvalue weighted by atomic mass is 9.95. The molecular weight excluding hydrogens is 526 g/mol. The number of esters is 1. The van der Waals surface area contributed by atoms with Gasteiger partial charge in [-0.2, -0.15) is 0 Å². The normalized spacial score (nSPS) is 14.1. The molecule has 11 heteroatoms. The second-order valence-electron chi connectivity index (χ2n) is 8.95. The molecule has 0 aliphatic carbocycles. The summed E-state index contributed by atoms with van der Waals surface area (Å²) in [5.74, 6) is -1.25. The second-order valence-corrected chi connectivity index (χ2v) is 11.8. The number of ether oxygens (including phenoxy) is 1. The number of carbonyl (C=O) groups is 3. The van der Waals surface area contributed by atoms with E-state index >= 15 is 0 Å². The van der Waals surface area contributed by atoms with Crippen LogP contribution in [0, 0.1) is 5.92 Å². The molecule has 0 atom stereocenters. The molecule has 38 heavy (non-hydrogen) atoms.